The van der Waals surface area contributed by atoms with Gasteiger partial charge in [0.1, 0.15) is 11.5 Å². The molecule has 0 aliphatic heterocycles. The van der Waals surface area contributed by atoms with Gasteiger partial charge in [-0.3, -0.25) is 4.79 Å². The van der Waals surface area contributed by atoms with E-state index in [1.54, 1.807) is 24.3 Å². The molecule has 19 heavy (non-hydrogen) atoms. The van der Waals surface area contributed by atoms with Crippen molar-refractivity contribution in [2.24, 2.45) is 0 Å². The van der Waals surface area contributed by atoms with E-state index < -0.39 is 6.23 Å². The number of aldehydes is 1. The third kappa shape index (κ3) is 3.82. The topological polar surface area (TPSA) is 58.6 Å². The maximum atomic E-state index is 10.3. The molecule has 0 bridgehead atoms. The summed E-state index contributed by atoms with van der Waals surface area (Å²) in [4.78, 5) is 10.3. The van der Waals surface area contributed by atoms with Crippen molar-refractivity contribution in [2.75, 3.05) is 5.32 Å². The molecule has 2 aromatic carbocycles. The third-order valence-electron chi connectivity index (χ3n) is 2.55. The van der Waals surface area contributed by atoms with Crippen molar-refractivity contribution in [1.29, 1.82) is 0 Å². The predicted octanol–water partition coefficient (Wildman–Crippen LogP) is 2.72. The number of aliphatic hydroxyl groups is 1. The van der Waals surface area contributed by atoms with Gasteiger partial charge in [0.05, 0.1) is 0 Å². The van der Waals surface area contributed by atoms with Gasteiger partial charge in [-0.25, -0.2) is 0 Å². The molecule has 0 spiro atoms. The van der Waals surface area contributed by atoms with Gasteiger partial charge < -0.3 is 15.2 Å². The van der Waals surface area contributed by atoms with E-state index in [-0.39, 0.29) is 0 Å². The number of benzene rings is 2. The number of rotatable bonds is 5. The molecule has 0 aliphatic carbocycles. The minimum atomic E-state index is -1.19. The molecule has 4 heteroatoms. The second-order valence-corrected chi connectivity index (χ2v) is 4.16. The zero-order valence-electron chi connectivity index (χ0n) is 10.5. The largest absolute Gasteiger partial charge is 0.457 e. The number of ether oxygens (including phenoxy) is 1. The predicted molar refractivity (Wildman–Crippen MR) is 73.4 cm³/mol. The van der Waals surface area contributed by atoms with E-state index in [0.717, 1.165) is 5.75 Å². The minimum absolute atomic E-state index is 0.427. The maximum absolute atomic E-state index is 10.3. The summed E-state index contributed by atoms with van der Waals surface area (Å²) >= 11 is 0. The number of carbonyl (C=O) groups is 1. The quantitative estimate of drug-likeness (QED) is 0.638. The Bertz CT molecular complexity index is 534. The SMILES string of the molecule is Cc1ccc(Oc2ccc(NC(O)C=O)cc2)cc1. The molecule has 0 saturated carbocycles. The number of aryl methyl sites for hydroxylation is 1. The zero-order valence-corrected chi connectivity index (χ0v) is 10.5. The molecule has 98 valence electrons. The van der Waals surface area contributed by atoms with Crippen molar-refractivity contribution < 1.29 is 14.6 Å². The van der Waals surface area contributed by atoms with E-state index in [9.17, 15) is 4.79 Å². The Labute approximate surface area is 111 Å². The summed E-state index contributed by atoms with van der Waals surface area (Å²) in [5.74, 6) is 1.45. The molecule has 1 unspecified atom stereocenters. The summed E-state index contributed by atoms with van der Waals surface area (Å²) in [6.07, 6.45) is -0.764. The van der Waals surface area contributed by atoms with Crippen LogP contribution in [-0.2, 0) is 4.79 Å². The Balaban J connectivity index is 2.02. The lowest BCUT2D eigenvalue weighted by Crippen LogP contribution is -2.19. The summed E-state index contributed by atoms with van der Waals surface area (Å²) in [6.45, 7) is 2.02. The van der Waals surface area contributed by atoms with Crippen LogP contribution in [0.5, 0.6) is 11.5 Å². The molecular weight excluding hydrogens is 242 g/mol. The molecule has 1 atom stereocenters. The highest BCUT2D eigenvalue weighted by molar-refractivity contribution is 5.62. The van der Waals surface area contributed by atoms with Gasteiger partial charge in [0.25, 0.3) is 0 Å². The Morgan fingerprint density at radius 3 is 2.11 bits per heavy atom. The second kappa shape index (κ2) is 6.02. The Hall–Kier alpha value is -2.33. The lowest BCUT2D eigenvalue weighted by Gasteiger charge is -2.09. The first kappa shape index (κ1) is 13.1. The summed E-state index contributed by atoms with van der Waals surface area (Å²) in [5, 5.41) is 11.8. The molecular formula is C15H15NO3. The van der Waals surface area contributed by atoms with Crippen LogP contribution >= 0.6 is 0 Å². The third-order valence-corrected chi connectivity index (χ3v) is 2.55. The average molecular weight is 257 g/mol. The van der Waals surface area contributed by atoms with Crippen molar-refractivity contribution >= 4 is 12.0 Å². The minimum Gasteiger partial charge on any atom is -0.457 e. The summed E-state index contributed by atoms with van der Waals surface area (Å²) in [6, 6.07) is 14.7. The molecule has 0 fully saturated rings. The van der Waals surface area contributed by atoms with Crippen LogP contribution in [0.3, 0.4) is 0 Å². The summed E-state index contributed by atoms with van der Waals surface area (Å²) < 4.78 is 5.66. The first-order valence-electron chi connectivity index (χ1n) is 5.92. The molecule has 0 amide bonds. The molecule has 2 aromatic rings. The van der Waals surface area contributed by atoms with E-state index in [4.69, 9.17) is 9.84 Å². The van der Waals surface area contributed by atoms with Gasteiger partial charge in [0, 0.05) is 5.69 Å². The smallest absolute Gasteiger partial charge is 0.181 e. The van der Waals surface area contributed by atoms with E-state index in [0.29, 0.717) is 17.7 Å². The van der Waals surface area contributed by atoms with Gasteiger partial charge in [-0.05, 0) is 43.3 Å². The Kier molecular flexibility index (Phi) is 4.15. The van der Waals surface area contributed by atoms with Crippen LogP contribution in [0.1, 0.15) is 5.56 Å². The van der Waals surface area contributed by atoms with Crippen LogP contribution in [-0.4, -0.2) is 17.6 Å². The van der Waals surface area contributed by atoms with Gasteiger partial charge in [-0.1, -0.05) is 17.7 Å². The normalized spacial score (nSPS) is 11.7. The standard InChI is InChI=1S/C15H15NO3/c1-11-2-6-13(7-3-11)19-14-8-4-12(5-9-14)16-15(18)10-17/h2-10,15-16,18H,1H3. The van der Waals surface area contributed by atoms with E-state index in [1.807, 2.05) is 31.2 Å². The van der Waals surface area contributed by atoms with Crippen molar-refractivity contribution in [2.45, 2.75) is 13.2 Å². The van der Waals surface area contributed by atoms with Crippen LogP contribution in [0.15, 0.2) is 48.5 Å². The average Bonchev–Trinajstić information content (AvgIpc) is 2.43. The van der Waals surface area contributed by atoms with Gasteiger partial charge in [0.15, 0.2) is 12.5 Å². The van der Waals surface area contributed by atoms with Crippen LogP contribution in [0, 0.1) is 6.92 Å². The van der Waals surface area contributed by atoms with E-state index in [1.165, 1.54) is 5.56 Å². The summed E-state index contributed by atoms with van der Waals surface area (Å²) in [7, 11) is 0. The molecule has 0 saturated heterocycles. The van der Waals surface area contributed by atoms with Crippen molar-refractivity contribution in [1.82, 2.24) is 0 Å². The lowest BCUT2D eigenvalue weighted by atomic mass is 10.2. The Morgan fingerprint density at radius 2 is 1.58 bits per heavy atom. The first-order chi connectivity index (χ1) is 9.17. The number of hydrogen-bond donors (Lipinski definition) is 2. The van der Waals surface area contributed by atoms with Crippen LogP contribution in [0.25, 0.3) is 0 Å². The molecule has 0 radical (unpaired) electrons. The van der Waals surface area contributed by atoms with Gasteiger partial charge in [0.2, 0.25) is 0 Å². The molecule has 4 nitrogen and oxygen atoms in total. The number of anilines is 1. The van der Waals surface area contributed by atoms with Crippen LogP contribution < -0.4 is 10.1 Å². The zero-order chi connectivity index (χ0) is 13.7. The van der Waals surface area contributed by atoms with Crippen LogP contribution in [0.4, 0.5) is 5.69 Å². The molecule has 0 aromatic heterocycles. The van der Waals surface area contributed by atoms with E-state index >= 15 is 0 Å². The van der Waals surface area contributed by atoms with Gasteiger partial charge in [-0.15, -0.1) is 0 Å². The highest BCUT2D eigenvalue weighted by atomic mass is 16.5. The summed E-state index contributed by atoms with van der Waals surface area (Å²) in [5.41, 5.74) is 1.82. The second-order valence-electron chi connectivity index (χ2n) is 4.16. The van der Waals surface area contributed by atoms with Gasteiger partial charge >= 0.3 is 0 Å². The van der Waals surface area contributed by atoms with Crippen molar-refractivity contribution in [3.05, 3.63) is 54.1 Å². The fourth-order valence-corrected chi connectivity index (χ4v) is 1.57. The van der Waals surface area contributed by atoms with Gasteiger partial charge in [-0.2, -0.15) is 0 Å². The first-order valence-corrected chi connectivity index (χ1v) is 5.92. The molecule has 0 heterocycles. The monoisotopic (exact) mass is 257 g/mol. The molecule has 2 N–H and O–H groups in total. The van der Waals surface area contributed by atoms with Crippen molar-refractivity contribution in [3.63, 3.8) is 0 Å². The fourth-order valence-electron chi connectivity index (χ4n) is 1.57. The number of hydrogen-bond acceptors (Lipinski definition) is 4. The van der Waals surface area contributed by atoms with Crippen molar-refractivity contribution in [3.8, 4) is 11.5 Å². The lowest BCUT2D eigenvalue weighted by molar-refractivity contribution is -0.113. The number of carbonyl (C=O) groups excluding carboxylic acids is 1. The number of nitrogens with one attached hydrogen (secondary N) is 1. The molecule has 0 aliphatic rings. The highest BCUT2D eigenvalue weighted by Crippen LogP contribution is 2.23. The highest BCUT2D eigenvalue weighted by Gasteiger charge is 2.01. The molecule has 2 rings (SSSR count). The van der Waals surface area contributed by atoms with Crippen LogP contribution in [0.2, 0.25) is 0 Å². The maximum Gasteiger partial charge on any atom is 0.181 e. The number of aliphatic hydroxyl groups excluding tert-OH is 1. The Morgan fingerprint density at radius 1 is 1.05 bits per heavy atom. The fraction of sp³-hybridized carbons (Fsp3) is 0.133. The van der Waals surface area contributed by atoms with E-state index in [2.05, 4.69) is 5.32 Å².